The second-order valence-electron chi connectivity index (χ2n) is 3.94. The first kappa shape index (κ1) is 10.9. The minimum absolute atomic E-state index is 0.174. The monoisotopic (exact) mass is 229 g/mol. The zero-order valence-electron chi connectivity index (χ0n) is 8.47. The molecule has 0 aliphatic carbocycles. The molecule has 1 aromatic carbocycles. The molecule has 1 aliphatic rings. The molecular weight excluding hydrogens is 216 g/mol. The maximum Gasteiger partial charge on any atom is 0.128 e. The van der Waals surface area contributed by atoms with Gasteiger partial charge in [0.1, 0.15) is 11.6 Å². The summed E-state index contributed by atoms with van der Waals surface area (Å²) in [5.41, 5.74) is 6.75. The van der Waals surface area contributed by atoms with E-state index < -0.39 is 6.04 Å². The van der Waals surface area contributed by atoms with Gasteiger partial charge in [-0.05, 0) is 23.8 Å². The van der Waals surface area contributed by atoms with Crippen molar-refractivity contribution in [2.75, 3.05) is 5.75 Å². The van der Waals surface area contributed by atoms with Crippen molar-refractivity contribution in [3.63, 3.8) is 0 Å². The number of halogens is 2. The van der Waals surface area contributed by atoms with Gasteiger partial charge in [-0.1, -0.05) is 6.92 Å². The Balaban J connectivity index is 2.57. The molecule has 0 fully saturated rings. The lowest BCUT2D eigenvalue weighted by atomic mass is 9.93. The standard InChI is InChI=1S/C11H13F2NS/c1-6-4-15-5-7-8(12)2-3-9(13)10(7)11(6)14/h2-3,6,11H,4-5,14H2,1H3. The molecule has 2 N–H and O–H groups in total. The van der Waals surface area contributed by atoms with Crippen LogP contribution in [0.4, 0.5) is 8.78 Å². The Labute approximate surface area is 92.0 Å². The van der Waals surface area contributed by atoms with Crippen molar-refractivity contribution in [1.29, 1.82) is 0 Å². The largest absolute Gasteiger partial charge is 0.324 e. The van der Waals surface area contributed by atoms with Gasteiger partial charge in [-0.25, -0.2) is 8.78 Å². The summed E-state index contributed by atoms with van der Waals surface area (Å²) >= 11 is 1.61. The van der Waals surface area contributed by atoms with Crippen LogP contribution in [0.2, 0.25) is 0 Å². The van der Waals surface area contributed by atoms with E-state index in [1.165, 1.54) is 6.07 Å². The molecule has 1 heterocycles. The Morgan fingerprint density at radius 2 is 2.00 bits per heavy atom. The molecule has 1 aromatic rings. The van der Waals surface area contributed by atoms with E-state index >= 15 is 0 Å². The Morgan fingerprint density at radius 3 is 2.73 bits per heavy atom. The maximum atomic E-state index is 13.6. The first-order valence-electron chi connectivity index (χ1n) is 4.91. The smallest absolute Gasteiger partial charge is 0.128 e. The van der Waals surface area contributed by atoms with Crippen LogP contribution in [0.25, 0.3) is 0 Å². The molecule has 0 aromatic heterocycles. The summed E-state index contributed by atoms with van der Waals surface area (Å²) in [7, 11) is 0. The third-order valence-electron chi connectivity index (χ3n) is 2.82. The fourth-order valence-corrected chi connectivity index (χ4v) is 3.05. The van der Waals surface area contributed by atoms with Crippen molar-refractivity contribution >= 4 is 11.8 Å². The van der Waals surface area contributed by atoms with Crippen LogP contribution < -0.4 is 5.73 Å². The molecule has 0 bridgehead atoms. The third-order valence-corrected chi connectivity index (χ3v) is 4.07. The molecule has 1 aliphatic heterocycles. The number of rotatable bonds is 0. The number of nitrogens with two attached hydrogens (primary N) is 1. The third kappa shape index (κ3) is 1.88. The number of benzene rings is 1. The van der Waals surface area contributed by atoms with Crippen molar-refractivity contribution < 1.29 is 8.78 Å². The fourth-order valence-electron chi connectivity index (χ4n) is 1.85. The van der Waals surface area contributed by atoms with Crippen LogP contribution in [0.1, 0.15) is 24.1 Å². The first-order chi connectivity index (χ1) is 7.11. The predicted octanol–water partition coefficient (Wildman–Crippen LogP) is 2.85. The molecule has 2 unspecified atom stereocenters. The fraction of sp³-hybridized carbons (Fsp3) is 0.455. The molecule has 2 atom stereocenters. The summed E-state index contributed by atoms with van der Waals surface area (Å²) in [6, 6.07) is 1.94. The molecule has 15 heavy (non-hydrogen) atoms. The van der Waals surface area contributed by atoms with Gasteiger partial charge in [-0.3, -0.25) is 0 Å². The van der Waals surface area contributed by atoms with Crippen LogP contribution in [0.15, 0.2) is 12.1 Å². The molecular formula is C11H13F2NS. The first-order valence-corrected chi connectivity index (χ1v) is 6.07. The second kappa shape index (κ2) is 4.10. The van der Waals surface area contributed by atoms with E-state index in [1.54, 1.807) is 11.8 Å². The molecule has 82 valence electrons. The Hall–Kier alpha value is -0.610. The molecule has 1 nitrogen and oxygen atoms in total. The predicted molar refractivity (Wildman–Crippen MR) is 58.6 cm³/mol. The highest BCUT2D eigenvalue weighted by Crippen LogP contribution is 2.35. The minimum atomic E-state index is -0.398. The molecule has 2 rings (SSSR count). The molecule has 0 radical (unpaired) electrons. The van der Waals surface area contributed by atoms with Crippen molar-refractivity contribution in [2.24, 2.45) is 11.7 Å². The Kier molecular flexibility index (Phi) is 2.98. The van der Waals surface area contributed by atoms with E-state index in [1.807, 2.05) is 6.92 Å². The summed E-state index contributed by atoms with van der Waals surface area (Å²) in [6.07, 6.45) is 0. The summed E-state index contributed by atoms with van der Waals surface area (Å²) in [5.74, 6) is 0.801. The van der Waals surface area contributed by atoms with Crippen molar-refractivity contribution in [1.82, 2.24) is 0 Å². The lowest BCUT2D eigenvalue weighted by molar-refractivity contribution is 0.484. The topological polar surface area (TPSA) is 26.0 Å². The van der Waals surface area contributed by atoms with Crippen LogP contribution in [0.5, 0.6) is 0 Å². The van der Waals surface area contributed by atoms with Crippen molar-refractivity contribution in [3.8, 4) is 0 Å². The lowest BCUT2D eigenvalue weighted by Crippen LogP contribution is -2.22. The van der Waals surface area contributed by atoms with Crippen LogP contribution in [-0.2, 0) is 5.75 Å². The molecule has 0 spiro atoms. The maximum absolute atomic E-state index is 13.6. The number of hydrogen-bond donors (Lipinski definition) is 1. The zero-order valence-corrected chi connectivity index (χ0v) is 9.28. The van der Waals surface area contributed by atoms with Gasteiger partial charge < -0.3 is 5.73 Å². The average molecular weight is 229 g/mol. The second-order valence-corrected chi connectivity index (χ2v) is 4.97. The quantitative estimate of drug-likeness (QED) is 0.740. The number of hydrogen-bond acceptors (Lipinski definition) is 2. The number of thioether (sulfide) groups is 1. The van der Waals surface area contributed by atoms with Gasteiger partial charge in [0.25, 0.3) is 0 Å². The van der Waals surface area contributed by atoms with E-state index in [0.717, 1.165) is 11.8 Å². The Morgan fingerprint density at radius 1 is 1.33 bits per heavy atom. The SMILES string of the molecule is CC1CSCc2c(F)ccc(F)c2C1N. The van der Waals surface area contributed by atoms with E-state index in [0.29, 0.717) is 16.9 Å². The van der Waals surface area contributed by atoms with E-state index in [4.69, 9.17) is 5.73 Å². The van der Waals surface area contributed by atoms with E-state index in [2.05, 4.69) is 0 Å². The van der Waals surface area contributed by atoms with Gasteiger partial charge in [0, 0.05) is 22.9 Å². The van der Waals surface area contributed by atoms with Gasteiger partial charge >= 0.3 is 0 Å². The van der Waals surface area contributed by atoms with Crippen LogP contribution in [0.3, 0.4) is 0 Å². The summed E-state index contributed by atoms with van der Waals surface area (Å²) in [5, 5.41) is 0. The normalized spacial score (nSPS) is 25.9. The van der Waals surface area contributed by atoms with Gasteiger partial charge in [0.2, 0.25) is 0 Å². The summed E-state index contributed by atoms with van der Waals surface area (Å²) in [6.45, 7) is 1.97. The highest BCUT2D eigenvalue weighted by atomic mass is 32.2. The average Bonchev–Trinajstić information content (AvgIpc) is 2.35. The molecule has 0 saturated heterocycles. The lowest BCUT2D eigenvalue weighted by Gasteiger charge is -2.19. The van der Waals surface area contributed by atoms with Gasteiger partial charge in [0.15, 0.2) is 0 Å². The van der Waals surface area contributed by atoms with E-state index in [-0.39, 0.29) is 17.6 Å². The molecule has 0 amide bonds. The molecule has 0 saturated carbocycles. The number of fused-ring (bicyclic) bond motifs is 1. The highest BCUT2D eigenvalue weighted by Gasteiger charge is 2.26. The van der Waals surface area contributed by atoms with Crippen molar-refractivity contribution in [3.05, 3.63) is 34.9 Å². The van der Waals surface area contributed by atoms with E-state index in [9.17, 15) is 8.78 Å². The highest BCUT2D eigenvalue weighted by molar-refractivity contribution is 7.98. The van der Waals surface area contributed by atoms with Gasteiger partial charge in [0.05, 0.1) is 0 Å². The van der Waals surface area contributed by atoms with Crippen LogP contribution in [-0.4, -0.2) is 5.75 Å². The van der Waals surface area contributed by atoms with Crippen molar-refractivity contribution in [2.45, 2.75) is 18.7 Å². The van der Waals surface area contributed by atoms with Crippen LogP contribution >= 0.6 is 11.8 Å². The Bertz CT molecular complexity index is 381. The summed E-state index contributed by atoms with van der Waals surface area (Å²) in [4.78, 5) is 0. The minimum Gasteiger partial charge on any atom is -0.324 e. The van der Waals surface area contributed by atoms with Gasteiger partial charge in [-0.15, -0.1) is 0 Å². The zero-order chi connectivity index (χ0) is 11.0. The summed E-state index contributed by atoms with van der Waals surface area (Å²) < 4.78 is 27.1. The molecule has 4 heteroatoms. The van der Waals surface area contributed by atoms with Crippen LogP contribution in [0, 0.1) is 17.6 Å². The van der Waals surface area contributed by atoms with Gasteiger partial charge in [-0.2, -0.15) is 11.8 Å².